The number of hydrogen-bond donors (Lipinski definition) is 2. The van der Waals surface area contributed by atoms with Crippen LogP contribution in [-0.4, -0.2) is 15.7 Å². The minimum Gasteiger partial charge on any atom is -0.302 e. The largest absolute Gasteiger partial charge is 0.302 e. The van der Waals surface area contributed by atoms with Gasteiger partial charge < -0.3 is 5.41 Å². The van der Waals surface area contributed by atoms with Crippen LogP contribution < -0.4 is 0 Å². The van der Waals surface area contributed by atoms with Gasteiger partial charge in [0.25, 0.3) is 0 Å². The van der Waals surface area contributed by atoms with Crippen LogP contribution in [0.3, 0.4) is 0 Å². The number of rotatable bonds is 1. The van der Waals surface area contributed by atoms with Gasteiger partial charge in [-0.1, -0.05) is 11.8 Å². The van der Waals surface area contributed by atoms with Crippen LogP contribution in [-0.2, 0) is 0 Å². The maximum atomic E-state index is 8.81. The van der Waals surface area contributed by atoms with Crippen molar-refractivity contribution in [3.8, 4) is 6.07 Å². The van der Waals surface area contributed by atoms with Gasteiger partial charge in [-0.05, 0) is 23.8 Å². The van der Waals surface area contributed by atoms with Crippen LogP contribution in [0.2, 0.25) is 0 Å². The molecule has 1 saturated heterocycles. The predicted octanol–water partition coefficient (Wildman–Crippen LogP) is 2.31. The number of nitrogens with zero attached hydrogens (tertiary/aromatic N) is 2. The zero-order chi connectivity index (χ0) is 11.5. The van der Waals surface area contributed by atoms with Gasteiger partial charge in [0.2, 0.25) is 0 Å². The summed E-state index contributed by atoms with van der Waals surface area (Å²) >= 11 is 1.18. The lowest BCUT2D eigenvalue weighted by atomic mass is 10.1. The molecule has 1 aliphatic heterocycles. The maximum Gasteiger partial charge on any atom is 0.136 e. The van der Waals surface area contributed by atoms with E-state index in [1.54, 1.807) is 18.5 Å². The summed E-state index contributed by atoms with van der Waals surface area (Å²) in [4.78, 5) is 4.57. The first kappa shape index (κ1) is 10.6. The Balaban J connectivity index is 2.32. The molecule has 4 nitrogen and oxygen atoms in total. The second kappa shape index (κ2) is 4.29. The molecule has 1 aliphatic rings. The second-order valence-electron chi connectivity index (χ2n) is 3.23. The summed E-state index contributed by atoms with van der Waals surface area (Å²) in [5, 5.41) is 24.4. The summed E-state index contributed by atoms with van der Waals surface area (Å²) in [5.74, 6) is -0.696. The van der Waals surface area contributed by atoms with Gasteiger partial charge in [-0.25, -0.2) is 0 Å². The van der Waals surface area contributed by atoms with E-state index in [0.29, 0.717) is 4.91 Å². The van der Waals surface area contributed by atoms with Crippen molar-refractivity contribution in [1.29, 1.82) is 16.1 Å². The van der Waals surface area contributed by atoms with Crippen molar-refractivity contribution in [2.45, 2.75) is 0 Å². The average molecular weight is 228 g/mol. The number of nitrogens with one attached hydrogen (secondary N) is 2. The van der Waals surface area contributed by atoms with E-state index in [4.69, 9.17) is 16.1 Å². The van der Waals surface area contributed by atoms with Crippen LogP contribution in [0.25, 0.3) is 6.08 Å². The van der Waals surface area contributed by atoms with E-state index in [2.05, 4.69) is 4.98 Å². The molecule has 5 heteroatoms. The van der Waals surface area contributed by atoms with Crippen LogP contribution >= 0.6 is 11.8 Å². The number of pyridine rings is 1. The Morgan fingerprint density at radius 1 is 1.38 bits per heavy atom. The topological polar surface area (TPSA) is 84.4 Å². The van der Waals surface area contributed by atoms with Gasteiger partial charge in [0.05, 0.1) is 16.8 Å². The summed E-state index contributed by atoms with van der Waals surface area (Å²) in [6.07, 6.45) is 5.14. The molecule has 1 fully saturated rings. The molecule has 0 radical (unpaired) electrons. The monoisotopic (exact) mass is 228 g/mol. The summed E-state index contributed by atoms with van der Waals surface area (Å²) in [5.41, 5.74) is 1.14. The SMILES string of the molecule is N#CC1C(=N)S/C(=C\c2ccncc2)C1=N. The van der Waals surface area contributed by atoms with E-state index >= 15 is 0 Å². The molecule has 0 bridgehead atoms. The molecule has 2 rings (SSSR count). The van der Waals surface area contributed by atoms with Crippen LogP contribution in [0.5, 0.6) is 0 Å². The minimum absolute atomic E-state index is 0.217. The number of nitriles is 1. The fourth-order valence-corrected chi connectivity index (χ4v) is 2.30. The molecule has 0 saturated carbocycles. The van der Waals surface area contributed by atoms with Crippen LogP contribution in [0.4, 0.5) is 0 Å². The zero-order valence-electron chi connectivity index (χ0n) is 8.27. The first-order valence-corrected chi connectivity index (χ1v) is 5.40. The Morgan fingerprint density at radius 3 is 2.62 bits per heavy atom. The van der Waals surface area contributed by atoms with Crippen molar-refractivity contribution in [3.63, 3.8) is 0 Å². The Labute approximate surface area is 97.0 Å². The molecule has 1 atom stereocenters. The summed E-state index contributed by atoms with van der Waals surface area (Å²) in [6.45, 7) is 0. The van der Waals surface area contributed by atoms with Crippen molar-refractivity contribution >= 4 is 28.6 Å². The first-order valence-electron chi connectivity index (χ1n) is 4.59. The zero-order valence-corrected chi connectivity index (χ0v) is 9.08. The highest BCUT2D eigenvalue weighted by Gasteiger charge is 2.31. The lowest BCUT2D eigenvalue weighted by Gasteiger charge is -1.97. The molecule has 2 heterocycles. The maximum absolute atomic E-state index is 8.81. The molecule has 1 unspecified atom stereocenters. The Hall–Kier alpha value is -1.93. The molecule has 2 N–H and O–H groups in total. The number of allylic oxidation sites excluding steroid dienone is 1. The van der Waals surface area contributed by atoms with E-state index in [0.717, 1.165) is 5.56 Å². The van der Waals surface area contributed by atoms with E-state index in [9.17, 15) is 0 Å². The van der Waals surface area contributed by atoms with Gasteiger partial charge in [-0.15, -0.1) is 0 Å². The summed E-state index contributed by atoms with van der Waals surface area (Å²) < 4.78 is 0. The molecular weight excluding hydrogens is 220 g/mol. The van der Waals surface area contributed by atoms with Crippen molar-refractivity contribution in [3.05, 3.63) is 35.0 Å². The quantitative estimate of drug-likeness (QED) is 0.773. The Kier molecular flexibility index (Phi) is 2.84. The fraction of sp³-hybridized carbons (Fsp3) is 0.0909. The molecule has 16 heavy (non-hydrogen) atoms. The highest BCUT2D eigenvalue weighted by atomic mass is 32.2. The molecule has 0 aromatic carbocycles. The number of aromatic nitrogens is 1. The highest BCUT2D eigenvalue weighted by Crippen LogP contribution is 2.34. The number of thioether (sulfide) groups is 1. The van der Waals surface area contributed by atoms with Crippen molar-refractivity contribution in [2.24, 2.45) is 5.92 Å². The molecule has 0 aliphatic carbocycles. The van der Waals surface area contributed by atoms with Crippen molar-refractivity contribution < 1.29 is 0 Å². The number of hydrogen-bond acceptors (Lipinski definition) is 5. The van der Waals surface area contributed by atoms with E-state index in [1.807, 2.05) is 18.2 Å². The summed E-state index contributed by atoms with van der Waals surface area (Å²) in [7, 11) is 0. The van der Waals surface area contributed by atoms with E-state index in [-0.39, 0.29) is 10.8 Å². The second-order valence-corrected chi connectivity index (χ2v) is 4.32. The van der Waals surface area contributed by atoms with Gasteiger partial charge >= 0.3 is 0 Å². The smallest absolute Gasteiger partial charge is 0.136 e. The molecule has 78 valence electrons. The third-order valence-corrected chi connectivity index (χ3v) is 3.18. The molecule has 1 aromatic rings. The van der Waals surface area contributed by atoms with Crippen molar-refractivity contribution in [2.75, 3.05) is 0 Å². The third-order valence-electron chi connectivity index (χ3n) is 2.17. The molecule has 0 spiro atoms. The highest BCUT2D eigenvalue weighted by molar-refractivity contribution is 8.18. The van der Waals surface area contributed by atoms with Gasteiger partial charge in [0, 0.05) is 17.3 Å². The standard InChI is InChI=1S/C11H8N4S/c12-6-8-10(13)9(16-11(8)14)5-7-1-3-15-4-2-7/h1-5,8,13-14H/b9-5-,13-10?,14-11?. The Bertz CT molecular complexity index is 513. The summed E-state index contributed by atoms with van der Waals surface area (Å²) in [6, 6.07) is 5.60. The first-order chi connectivity index (χ1) is 7.72. The fourth-order valence-electron chi connectivity index (χ4n) is 1.35. The van der Waals surface area contributed by atoms with Crippen LogP contribution in [0.1, 0.15) is 5.56 Å². The van der Waals surface area contributed by atoms with Crippen LogP contribution in [0, 0.1) is 28.1 Å². The minimum atomic E-state index is -0.696. The average Bonchev–Trinajstić information content (AvgIpc) is 2.55. The predicted molar refractivity (Wildman–Crippen MR) is 64.4 cm³/mol. The lowest BCUT2D eigenvalue weighted by molar-refractivity contribution is 1.20. The molecule has 1 aromatic heterocycles. The van der Waals surface area contributed by atoms with Crippen LogP contribution in [0.15, 0.2) is 29.4 Å². The Morgan fingerprint density at radius 2 is 2.06 bits per heavy atom. The molecule has 0 amide bonds. The van der Waals surface area contributed by atoms with Gasteiger partial charge in [-0.2, -0.15) is 5.26 Å². The van der Waals surface area contributed by atoms with Gasteiger partial charge in [-0.3, -0.25) is 10.4 Å². The van der Waals surface area contributed by atoms with E-state index in [1.165, 1.54) is 11.8 Å². The van der Waals surface area contributed by atoms with Gasteiger partial charge in [0.15, 0.2) is 0 Å². The molecular formula is C11H8N4S. The van der Waals surface area contributed by atoms with E-state index < -0.39 is 5.92 Å². The normalized spacial score (nSPS) is 22.4. The van der Waals surface area contributed by atoms with Crippen molar-refractivity contribution in [1.82, 2.24) is 4.98 Å². The lowest BCUT2D eigenvalue weighted by Crippen LogP contribution is -2.09. The third kappa shape index (κ3) is 1.88. The van der Waals surface area contributed by atoms with Gasteiger partial charge in [0.1, 0.15) is 5.92 Å².